The molecule has 1 N–H and O–H groups in total. The van der Waals surface area contributed by atoms with Crippen LogP contribution in [-0.4, -0.2) is 43.5 Å². The number of nitrogens with zero attached hydrogens (tertiary/aromatic N) is 1. The van der Waals surface area contributed by atoms with Gasteiger partial charge in [0, 0.05) is 29.4 Å². The molecule has 0 radical (unpaired) electrons. The molecular formula is C33H44N2O4Si. The second-order valence-corrected chi connectivity index (χ2v) is 19.0. The van der Waals surface area contributed by atoms with Crippen LogP contribution in [-0.2, 0) is 14.0 Å². The van der Waals surface area contributed by atoms with Crippen molar-refractivity contribution in [2.75, 3.05) is 0 Å². The molecule has 0 spiro atoms. The molecule has 2 bridgehead atoms. The van der Waals surface area contributed by atoms with Gasteiger partial charge in [0.25, 0.3) is 8.32 Å². The van der Waals surface area contributed by atoms with Gasteiger partial charge in [-0.1, -0.05) is 86.6 Å². The Morgan fingerprint density at radius 3 is 1.98 bits per heavy atom. The van der Waals surface area contributed by atoms with E-state index in [2.05, 4.69) is 91.9 Å². The summed E-state index contributed by atoms with van der Waals surface area (Å²) in [6, 6.07) is 21.8. The van der Waals surface area contributed by atoms with Crippen molar-refractivity contribution in [2.45, 2.75) is 108 Å². The van der Waals surface area contributed by atoms with Crippen LogP contribution in [0, 0.1) is 11.3 Å². The SMILES string of the molecule is CC(C)(C)OC(=O)NC12CC(C3=NOC([C@H]4C[C@@H](O[Si](c5ccccc5)(c5ccccc5)C(C)(C)C)C4)C3)(C1)C2. The fraction of sp³-hybridized carbons (Fsp3) is 0.576. The molecule has 1 aliphatic heterocycles. The number of hydrogen-bond acceptors (Lipinski definition) is 5. The van der Waals surface area contributed by atoms with E-state index in [1.54, 1.807) is 0 Å². The summed E-state index contributed by atoms with van der Waals surface area (Å²) < 4.78 is 12.8. The number of rotatable bonds is 7. The van der Waals surface area contributed by atoms with Gasteiger partial charge in [-0.05, 0) is 68.3 Å². The average Bonchev–Trinajstić information content (AvgIpc) is 3.28. The molecule has 1 atom stereocenters. The van der Waals surface area contributed by atoms with Gasteiger partial charge in [0.05, 0.1) is 5.71 Å². The lowest BCUT2D eigenvalue weighted by atomic mass is 9.37. The summed E-state index contributed by atoms with van der Waals surface area (Å²) in [7, 11) is -2.54. The number of carbonyl (C=O) groups excluding carboxylic acids is 1. The molecule has 5 aliphatic rings. The lowest BCUT2D eigenvalue weighted by Gasteiger charge is -2.70. The van der Waals surface area contributed by atoms with E-state index in [0.29, 0.717) is 5.92 Å². The van der Waals surface area contributed by atoms with Gasteiger partial charge >= 0.3 is 6.09 Å². The van der Waals surface area contributed by atoms with E-state index in [4.69, 9.17) is 14.0 Å². The summed E-state index contributed by atoms with van der Waals surface area (Å²) in [6.07, 6.45) is 5.79. The number of amides is 1. The topological polar surface area (TPSA) is 69.2 Å². The van der Waals surface area contributed by atoms with E-state index >= 15 is 0 Å². The number of hydrogen-bond donors (Lipinski definition) is 1. The molecule has 4 fully saturated rings. The number of ether oxygens (including phenoxy) is 1. The van der Waals surface area contributed by atoms with Crippen LogP contribution in [0.4, 0.5) is 4.79 Å². The van der Waals surface area contributed by atoms with Crippen molar-refractivity contribution in [3.05, 3.63) is 60.7 Å². The summed E-state index contributed by atoms with van der Waals surface area (Å²) in [5.41, 5.74) is 0.706. The van der Waals surface area contributed by atoms with Crippen LogP contribution in [0.25, 0.3) is 0 Å². The van der Waals surface area contributed by atoms with Gasteiger partial charge in [-0.2, -0.15) is 0 Å². The molecule has 4 saturated carbocycles. The van der Waals surface area contributed by atoms with Gasteiger partial charge in [0.2, 0.25) is 0 Å². The van der Waals surface area contributed by atoms with E-state index in [1.807, 2.05) is 20.8 Å². The Morgan fingerprint density at radius 2 is 1.48 bits per heavy atom. The van der Waals surface area contributed by atoms with Crippen molar-refractivity contribution >= 4 is 30.5 Å². The van der Waals surface area contributed by atoms with Crippen LogP contribution in [0.5, 0.6) is 0 Å². The third-order valence-corrected chi connectivity index (χ3v) is 14.6. The number of carbonyl (C=O) groups is 1. The van der Waals surface area contributed by atoms with E-state index < -0.39 is 13.9 Å². The third kappa shape index (κ3) is 4.69. The first-order valence-electron chi connectivity index (χ1n) is 14.9. The largest absolute Gasteiger partial charge is 0.444 e. The molecule has 4 aliphatic carbocycles. The zero-order chi connectivity index (χ0) is 28.4. The van der Waals surface area contributed by atoms with Gasteiger partial charge in [-0.25, -0.2) is 4.79 Å². The second-order valence-electron chi connectivity index (χ2n) is 14.7. The highest BCUT2D eigenvalue weighted by molar-refractivity contribution is 6.99. The predicted molar refractivity (Wildman–Crippen MR) is 161 cm³/mol. The minimum Gasteiger partial charge on any atom is -0.444 e. The highest BCUT2D eigenvalue weighted by atomic mass is 28.4. The standard InChI is InChI=1S/C33H44N2O4Si/c1-30(2,3)37-29(36)34-33-20-32(21-33,22-33)28-19-27(38-35-28)23-17-24(18-23)39-40(31(4,5)6,25-13-9-7-10-14-25)26-15-11-8-12-16-26/h7-16,23-24,27H,17-22H2,1-6H3,(H,34,36)/t23-,24+,27?,32?,33?. The summed E-state index contributed by atoms with van der Waals surface area (Å²) in [5, 5.41) is 10.4. The molecule has 0 aromatic heterocycles. The number of oxime groups is 1. The van der Waals surface area contributed by atoms with Crippen LogP contribution < -0.4 is 15.7 Å². The fourth-order valence-corrected chi connectivity index (χ4v) is 12.4. The molecule has 1 unspecified atom stereocenters. The van der Waals surface area contributed by atoms with Crippen LogP contribution in [0.15, 0.2) is 65.8 Å². The molecule has 1 amide bonds. The van der Waals surface area contributed by atoms with E-state index in [9.17, 15) is 4.79 Å². The van der Waals surface area contributed by atoms with E-state index in [0.717, 1.165) is 38.5 Å². The second kappa shape index (κ2) is 9.45. The first-order chi connectivity index (χ1) is 18.8. The summed E-state index contributed by atoms with van der Waals surface area (Å²) in [5.74, 6) is 0.464. The monoisotopic (exact) mass is 560 g/mol. The number of alkyl carbamates (subject to hydrolysis) is 1. The molecule has 1 heterocycles. The lowest BCUT2D eigenvalue weighted by molar-refractivity contribution is -0.100. The van der Waals surface area contributed by atoms with Crippen molar-refractivity contribution in [2.24, 2.45) is 16.5 Å². The van der Waals surface area contributed by atoms with Gasteiger partial charge in [0.1, 0.15) is 11.7 Å². The molecule has 7 rings (SSSR count). The van der Waals surface area contributed by atoms with Crippen molar-refractivity contribution in [3.63, 3.8) is 0 Å². The van der Waals surface area contributed by atoms with Crippen molar-refractivity contribution in [3.8, 4) is 0 Å². The molecular weight excluding hydrogens is 516 g/mol. The highest BCUT2D eigenvalue weighted by Crippen LogP contribution is 2.69. The fourth-order valence-electron chi connectivity index (χ4n) is 7.66. The van der Waals surface area contributed by atoms with E-state index in [-0.39, 0.29) is 34.3 Å². The van der Waals surface area contributed by atoms with Crippen LogP contribution >= 0.6 is 0 Å². The van der Waals surface area contributed by atoms with Crippen molar-refractivity contribution < 1.29 is 18.8 Å². The minimum atomic E-state index is -2.54. The Kier molecular flexibility index (Phi) is 6.50. The van der Waals surface area contributed by atoms with Crippen LogP contribution in [0.1, 0.15) is 80.1 Å². The Bertz CT molecular complexity index is 1220. The normalized spacial score (nSPS) is 31.1. The molecule has 0 saturated heterocycles. The maximum atomic E-state index is 12.3. The number of benzene rings is 2. The average molecular weight is 561 g/mol. The smallest absolute Gasteiger partial charge is 0.408 e. The van der Waals surface area contributed by atoms with Crippen molar-refractivity contribution in [1.82, 2.24) is 5.32 Å². The van der Waals surface area contributed by atoms with Crippen LogP contribution in [0.3, 0.4) is 0 Å². The zero-order valence-corrected chi connectivity index (χ0v) is 25.8. The maximum absolute atomic E-state index is 12.3. The quantitative estimate of drug-likeness (QED) is 0.426. The minimum absolute atomic E-state index is 0.0195. The summed E-state index contributed by atoms with van der Waals surface area (Å²) >= 11 is 0. The van der Waals surface area contributed by atoms with E-state index in [1.165, 1.54) is 16.1 Å². The molecule has 2 aromatic rings. The molecule has 6 nitrogen and oxygen atoms in total. The van der Waals surface area contributed by atoms with Crippen molar-refractivity contribution in [1.29, 1.82) is 0 Å². The lowest BCUT2D eigenvalue weighted by Crippen LogP contribution is -2.77. The molecule has 214 valence electrons. The predicted octanol–water partition coefficient (Wildman–Crippen LogP) is 5.93. The first kappa shape index (κ1) is 27.5. The van der Waals surface area contributed by atoms with Crippen LogP contribution in [0.2, 0.25) is 5.04 Å². The summed E-state index contributed by atoms with van der Waals surface area (Å²) in [4.78, 5) is 18.3. The van der Waals surface area contributed by atoms with Gasteiger partial charge < -0.3 is 19.3 Å². The Balaban J connectivity index is 1.07. The highest BCUT2D eigenvalue weighted by Gasteiger charge is 2.71. The van der Waals surface area contributed by atoms with Gasteiger partial charge in [0.15, 0.2) is 0 Å². The van der Waals surface area contributed by atoms with Gasteiger partial charge in [-0.15, -0.1) is 0 Å². The molecule has 2 aromatic carbocycles. The Hall–Kier alpha value is -2.64. The zero-order valence-electron chi connectivity index (χ0n) is 24.8. The Labute approximate surface area is 240 Å². The number of nitrogens with one attached hydrogen (secondary N) is 1. The summed E-state index contributed by atoms with van der Waals surface area (Å²) in [6.45, 7) is 12.7. The third-order valence-electron chi connectivity index (χ3n) is 9.52. The first-order valence-corrected chi connectivity index (χ1v) is 16.8. The Morgan fingerprint density at radius 1 is 0.925 bits per heavy atom. The maximum Gasteiger partial charge on any atom is 0.408 e. The molecule has 7 heteroatoms. The molecule has 40 heavy (non-hydrogen) atoms. The van der Waals surface area contributed by atoms with Gasteiger partial charge in [-0.3, -0.25) is 0 Å².